The van der Waals surface area contributed by atoms with Crippen LogP contribution in [-0.4, -0.2) is 0 Å². The smallest absolute Gasteiger partial charge is 0.0163 e. The normalized spacial score (nSPS) is 11.9. The maximum atomic E-state index is 3.48. The van der Waals surface area contributed by atoms with Gasteiger partial charge in [0.25, 0.3) is 0 Å². The van der Waals surface area contributed by atoms with Crippen LogP contribution in [0.25, 0.3) is 0 Å². The van der Waals surface area contributed by atoms with Crippen molar-refractivity contribution in [3.8, 4) is 0 Å². The molecule has 0 N–H and O–H groups in total. The highest BCUT2D eigenvalue weighted by molar-refractivity contribution is 5.12. The molecule has 26 heavy (non-hydrogen) atoms. The Balaban J connectivity index is -0.000000262. The van der Waals surface area contributed by atoms with Crippen LogP contribution >= 0.6 is 0 Å². The average Bonchev–Trinajstić information content (AvgIpc) is 3.41. The lowest BCUT2D eigenvalue weighted by atomic mass is 10.0. The molecule has 0 nitrogen and oxygen atoms in total. The first-order valence-electron chi connectivity index (χ1n) is 10.5. The van der Waals surface area contributed by atoms with E-state index >= 15 is 0 Å². The van der Waals surface area contributed by atoms with Crippen molar-refractivity contribution in [3.63, 3.8) is 0 Å². The Morgan fingerprint density at radius 3 is 1.08 bits per heavy atom. The largest absolute Gasteiger partial charge is 0.103 e. The first kappa shape index (κ1) is 29.2. The molecule has 2 aliphatic carbocycles. The Kier molecular flexibility index (Phi) is 35.1. The Bertz CT molecular complexity index is 309. The third-order valence-electron chi connectivity index (χ3n) is 3.45. The fourth-order valence-corrected chi connectivity index (χ4v) is 1.92. The highest BCUT2D eigenvalue weighted by atomic mass is 14.0. The molecule has 0 bridgehead atoms. The molecule has 0 aromatic heterocycles. The van der Waals surface area contributed by atoms with E-state index in [0.717, 1.165) is 31.6 Å². The SMILES string of the molecule is C1=CCC=C1.C1=CCC=C1.C=CCC.C=CCC.CCCC(C)CCC. The van der Waals surface area contributed by atoms with Crippen molar-refractivity contribution >= 4 is 0 Å². The monoisotopic (exact) mass is 358 g/mol. The van der Waals surface area contributed by atoms with E-state index in [1.54, 1.807) is 0 Å². The average molecular weight is 359 g/mol. The van der Waals surface area contributed by atoms with Crippen molar-refractivity contribution in [1.82, 2.24) is 0 Å². The van der Waals surface area contributed by atoms with Crippen LogP contribution < -0.4 is 0 Å². The Labute approximate surface area is 166 Å². The van der Waals surface area contributed by atoms with Gasteiger partial charge in [0.05, 0.1) is 0 Å². The molecule has 0 spiro atoms. The quantitative estimate of drug-likeness (QED) is 0.415. The predicted molar refractivity (Wildman–Crippen MR) is 126 cm³/mol. The van der Waals surface area contributed by atoms with Gasteiger partial charge in [0, 0.05) is 0 Å². The van der Waals surface area contributed by atoms with Gasteiger partial charge >= 0.3 is 0 Å². The molecular weight excluding hydrogens is 312 g/mol. The summed E-state index contributed by atoms with van der Waals surface area (Å²) in [7, 11) is 0. The van der Waals surface area contributed by atoms with Crippen LogP contribution in [0, 0.1) is 5.92 Å². The van der Waals surface area contributed by atoms with Gasteiger partial charge in [0.1, 0.15) is 0 Å². The second-order valence-electron chi connectivity index (χ2n) is 6.26. The Morgan fingerprint density at radius 1 is 0.692 bits per heavy atom. The molecule has 0 radical (unpaired) electrons. The van der Waals surface area contributed by atoms with Crippen LogP contribution in [0.15, 0.2) is 73.9 Å². The molecule has 0 unspecified atom stereocenters. The fraction of sp³-hybridized carbons (Fsp3) is 0.538. The standard InChI is InChI=1S/C8H18.2C5H6.2C4H8/c1-4-6-8(3)7-5-2;2*1-2-4-5-3-1;2*1-3-4-2/h8H,4-7H2,1-3H3;2*1-4H,5H2;2*3H,1,4H2,2H3. The molecule has 2 rings (SSSR count). The summed E-state index contributed by atoms with van der Waals surface area (Å²) in [5.74, 6) is 0.963. The lowest BCUT2D eigenvalue weighted by Gasteiger charge is -2.05. The van der Waals surface area contributed by atoms with E-state index in [9.17, 15) is 0 Å². The predicted octanol–water partition coefficient (Wildman–Crippen LogP) is 9.39. The minimum atomic E-state index is 0.963. The van der Waals surface area contributed by atoms with Gasteiger partial charge in [-0.05, 0) is 31.6 Å². The van der Waals surface area contributed by atoms with E-state index in [-0.39, 0.29) is 0 Å². The third kappa shape index (κ3) is 38.2. The van der Waals surface area contributed by atoms with Crippen LogP contribution in [0.3, 0.4) is 0 Å². The fourth-order valence-electron chi connectivity index (χ4n) is 1.92. The molecule has 0 heterocycles. The van der Waals surface area contributed by atoms with Crippen LogP contribution in [0.2, 0.25) is 0 Å². The molecule has 0 aromatic carbocycles. The molecule has 0 amide bonds. The molecule has 2 aliphatic rings. The van der Waals surface area contributed by atoms with Gasteiger partial charge in [-0.25, -0.2) is 0 Å². The maximum absolute atomic E-state index is 3.48. The Morgan fingerprint density at radius 2 is 0.962 bits per heavy atom. The van der Waals surface area contributed by atoms with E-state index in [2.05, 4.69) is 96.4 Å². The lowest BCUT2D eigenvalue weighted by Crippen LogP contribution is -1.91. The third-order valence-corrected chi connectivity index (χ3v) is 3.45. The molecule has 0 aromatic rings. The molecule has 0 fully saturated rings. The van der Waals surface area contributed by atoms with Crippen LogP contribution in [0.4, 0.5) is 0 Å². The van der Waals surface area contributed by atoms with Crippen molar-refractivity contribution in [2.75, 3.05) is 0 Å². The van der Waals surface area contributed by atoms with Gasteiger partial charge in [0.2, 0.25) is 0 Å². The lowest BCUT2D eigenvalue weighted by molar-refractivity contribution is 0.480. The van der Waals surface area contributed by atoms with Crippen molar-refractivity contribution in [2.45, 2.75) is 86.0 Å². The summed E-state index contributed by atoms with van der Waals surface area (Å²) in [5.41, 5.74) is 0. The number of hydrogen-bond acceptors (Lipinski definition) is 0. The van der Waals surface area contributed by atoms with E-state index in [4.69, 9.17) is 0 Å². The second kappa shape index (κ2) is 31.2. The van der Waals surface area contributed by atoms with E-state index < -0.39 is 0 Å². The maximum Gasteiger partial charge on any atom is -0.0163 e. The summed E-state index contributed by atoms with van der Waals surface area (Å²) in [6.45, 7) is 17.9. The minimum absolute atomic E-state index is 0.963. The number of allylic oxidation sites excluding steroid dienone is 10. The molecule has 0 saturated carbocycles. The van der Waals surface area contributed by atoms with E-state index in [1.807, 2.05) is 12.2 Å². The van der Waals surface area contributed by atoms with Gasteiger partial charge in [-0.15, -0.1) is 13.2 Å². The van der Waals surface area contributed by atoms with Crippen LogP contribution in [0.5, 0.6) is 0 Å². The summed E-state index contributed by atoms with van der Waals surface area (Å²) >= 11 is 0. The summed E-state index contributed by atoms with van der Waals surface area (Å²) in [6, 6.07) is 0. The topological polar surface area (TPSA) is 0 Å². The summed E-state index contributed by atoms with van der Waals surface area (Å²) < 4.78 is 0. The van der Waals surface area contributed by atoms with Crippen LogP contribution in [0.1, 0.15) is 86.0 Å². The molecule has 150 valence electrons. The van der Waals surface area contributed by atoms with Crippen molar-refractivity contribution in [1.29, 1.82) is 0 Å². The highest BCUT2D eigenvalue weighted by Crippen LogP contribution is 2.10. The number of rotatable bonds is 6. The van der Waals surface area contributed by atoms with Gasteiger partial charge < -0.3 is 0 Å². The summed E-state index contributed by atoms with van der Waals surface area (Å²) in [5, 5.41) is 0. The minimum Gasteiger partial charge on any atom is -0.103 e. The zero-order valence-electron chi connectivity index (χ0n) is 18.4. The first-order chi connectivity index (χ1) is 12.6. The highest BCUT2D eigenvalue weighted by Gasteiger charge is 1.95. The molecule has 0 heteroatoms. The Hall–Kier alpha value is -1.56. The van der Waals surface area contributed by atoms with Gasteiger partial charge in [-0.2, -0.15) is 0 Å². The first-order valence-corrected chi connectivity index (χ1v) is 10.5. The second-order valence-corrected chi connectivity index (χ2v) is 6.26. The summed E-state index contributed by atoms with van der Waals surface area (Å²) in [4.78, 5) is 0. The van der Waals surface area contributed by atoms with Crippen LogP contribution in [-0.2, 0) is 0 Å². The van der Waals surface area contributed by atoms with Crippen molar-refractivity contribution < 1.29 is 0 Å². The van der Waals surface area contributed by atoms with Gasteiger partial charge in [0.15, 0.2) is 0 Å². The van der Waals surface area contributed by atoms with Gasteiger partial charge in [-0.1, -0.05) is 121 Å². The van der Waals surface area contributed by atoms with E-state index in [0.29, 0.717) is 0 Å². The van der Waals surface area contributed by atoms with Crippen molar-refractivity contribution in [3.05, 3.63) is 73.9 Å². The van der Waals surface area contributed by atoms with Gasteiger partial charge in [-0.3, -0.25) is 0 Å². The zero-order chi connectivity index (χ0) is 20.3. The van der Waals surface area contributed by atoms with E-state index in [1.165, 1.54) is 25.7 Å². The summed E-state index contributed by atoms with van der Waals surface area (Å²) in [6.07, 6.45) is 30.4. The molecule has 0 aliphatic heterocycles. The van der Waals surface area contributed by atoms with Crippen molar-refractivity contribution in [2.24, 2.45) is 5.92 Å². The number of hydrogen-bond donors (Lipinski definition) is 0. The zero-order valence-corrected chi connectivity index (χ0v) is 18.4. The molecule has 0 atom stereocenters. The molecular formula is C26H46. The molecule has 0 saturated heterocycles.